The summed E-state index contributed by atoms with van der Waals surface area (Å²) in [5.41, 5.74) is 2.47. The second-order valence-corrected chi connectivity index (χ2v) is 4.35. The monoisotopic (exact) mass is 228 g/mol. The molecule has 1 heterocycles. The van der Waals surface area contributed by atoms with E-state index in [0.29, 0.717) is 0 Å². The first-order valence-electron chi connectivity index (χ1n) is 5.08. The van der Waals surface area contributed by atoms with Gasteiger partial charge in [-0.05, 0) is 30.2 Å². The molecule has 0 unspecified atom stereocenters. The highest BCUT2D eigenvalue weighted by Crippen LogP contribution is 2.31. The van der Waals surface area contributed by atoms with Gasteiger partial charge >= 0.3 is 0 Å². The van der Waals surface area contributed by atoms with Crippen molar-refractivity contribution in [3.63, 3.8) is 0 Å². The second kappa shape index (κ2) is 6.09. The second-order valence-electron chi connectivity index (χ2n) is 3.26. The van der Waals surface area contributed by atoms with Crippen molar-refractivity contribution in [2.45, 2.75) is 6.92 Å². The molecule has 0 aliphatic rings. The summed E-state index contributed by atoms with van der Waals surface area (Å²) in [7, 11) is 0. The van der Waals surface area contributed by atoms with Gasteiger partial charge in [0.2, 0.25) is 0 Å². The van der Waals surface area contributed by atoms with Crippen molar-refractivity contribution in [2.75, 3.05) is 0 Å². The Morgan fingerprint density at radius 1 is 0.938 bits per heavy atom. The van der Waals surface area contributed by atoms with Gasteiger partial charge in [-0.15, -0.1) is 11.3 Å². The molecule has 0 aliphatic carbocycles. The summed E-state index contributed by atoms with van der Waals surface area (Å²) in [5.74, 6) is 0. The van der Waals surface area contributed by atoms with E-state index in [0.717, 1.165) is 0 Å². The zero-order valence-electron chi connectivity index (χ0n) is 9.57. The maximum atomic E-state index is 3.86. The molecule has 1 aromatic rings. The Hall–Kier alpha value is -1.60. The van der Waals surface area contributed by atoms with Gasteiger partial charge in [0.25, 0.3) is 0 Å². The molecule has 0 radical (unpaired) electrons. The maximum absolute atomic E-state index is 3.86. The predicted molar refractivity (Wildman–Crippen MR) is 77.6 cm³/mol. The summed E-state index contributed by atoms with van der Waals surface area (Å²) in [6, 6.07) is 0. The number of hydrogen-bond acceptors (Lipinski definition) is 1. The SMILES string of the molecule is C=C/C=C\c1sc(/C=C\C=C)c(C=C)c1C. The average molecular weight is 228 g/mol. The van der Waals surface area contributed by atoms with E-state index in [-0.39, 0.29) is 0 Å². The van der Waals surface area contributed by atoms with Crippen LogP contribution in [-0.2, 0) is 0 Å². The number of hydrogen-bond donors (Lipinski definition) is 0. The van der Waals surface area contributed by atoms with Crippen LogP contribution >= 0.6 is 11.3 Å². The van der Waals surface area contributed by atoms with Crippen LogP contribution < -0.4 is 0 Å². The van der Waals surface area contributed by atoms with E-state index in [9.17, 15) is 0 Å². The van der Waals surface area contributed by atoms with Gasteiger partial charge in [-0.3, -0.25) is 0 Å². The number of allylic oxidation sites excluding steroid dienone is 4. The van der Waals surface area contributed by atoms with E-state index >= 15 is 0 Å². The lowest BCUT2D eigenvalue weighted by Gasteiger charge is -1.93. The molecule has 0 N–H and O–H groups in total. The third-order valence-electron chi connectivity index (χ3n) is 2.23. The van der Waals surface area contributed by atoms with E-state index in [4.69, 9.17) is 0 Å². The first-order chi connectivity index (χ1) is 7.74. The lowest BCUT2D eigenvalue weighted by atomic mass is 10.1. The van der Waals surface area contributed by atoms with Gasteiger partial charge in [0.05, 0.1) is 0 Å². The maximum Gasteiger partial charge on any atom is 0.0351 e. The smallest absolute Gasteiger partial charge is 0.0351 e. The molecule has 1 aromatic heterocycles. The highest BCUT2D eigenvalue weighted by molar-refractivity contribution is 7.14. The van der Waals surface area contributed by atoms with Crippen LogP contribution in [0, 0.1) is 6.92 Å². The highest BCUT2D eigenvalue weighted by atomic mass is 32.1. The van der Waals surface area contributed by atoms with Crippen molar-refractivity contribution < 1.29 is 0 Å². The molecule has 0 bridgehead atoms. The largest absolute Gasteiger partial charge is 0.136 e. The van der Waals surface area contributed by atoms with E-state index in [2.05, 4.69) is 38.8 Å². The zero-order chi connectivity index (χ0) is 12.0. The first kappa shape index (κ1) is 12.5. The highest BCUT2D eigenvalue weighted by Gasteiger charge is 2.07. The zero-order valence-corrected chi connectivity index (χ0v) is 10.4. The van der Waals surface area contributed by atoms with Crippen molar-refractivity contribution in [1.82, 2.24) is 0 Å². The predicted octanol–water partition coefficient (Wildman–Crippen LogP) is 5.10. The standard InChI is InChI=1S/C15H16S/c1-5-8-10-14-12(4)13(7-3)15(16-14)11-9-6-2/h5-11H,1-3H2,4H3/b10-8-,11-9-. The number of thiophene rings is 1. The minimum absolute atomic E-state index is 1.20. The molecule has 0 saturated carbocycles. The normalized spacial score (nSPS) is 11.1. The van der Waals surface area contributed by atoms with Crippen molar-refractivity contribution in [1.29, 1.82) is 0 Å². The van der Waals surface area contributed by atoms with Gasteiger partial charge in [0, 0.05) is 9.75 Å². The minimum atomic E-state index is 1.20. The van der Waals surface area contributed by atoms with Gasteiger partial charge in [-0.2, -0.15) is 0 Å². The summed E-state index contributed by atoms with van der Waals surface area (Å²) < 4.78 is 0. The first-order valence-corrected chi connectivity index (χ1v) is 5.90. The molecule has 0 spiro atoms. The summed E-state index contributed by atoms with van der Waals surface area (Å²) in [6.45, 7) is 13.3. The van der Waals surface area contributed by atoms with Crippen molar-refractivity contribution in [3.8, 4) is 0 Å². The number of rotatable bonds is 5. The Morgan fingerprint density at radius 3 is 2.00 bits per heavy atom. The molecule has 0 fully saturated rings. The van der Waals surface area contributed by atoms with E-state index in [1.807, 2.05) is 18.2 Å². The molecule has 1 rings (SSSR count). The molecule has 0 amide bonds. The molecule has 16 heavy (non-hydrogen) atoms. The van der Waals surface area contributed by atoms with E-state index in [1.165, 1.54) is 20.9 Å². The Morgan fingerprint density at radius 2 is 1.50 bits per heavy atom. The molecule has 1 heteroatoms. The fraction of sp³-hybridized carbons (Fsp3) is 0.0667. The van der Waals surface area contributed by atoms with Gasteiger partial charge in [-0.1, -0.05) is 50.1 Å². The van der Waals surface area contributed by atoms with Crippen LogP contribution in [0.4, 0.5) is 0 Å². The molecular weight excluding hydrogens is 212 g/mol. The Kier molecular flexibility index (Phi) is 4.74. The van der Waals surface area contributed by atoms with Crippen LogP contribution in [-0.4, -0.2) is 0 Å². The van der Waals surface area contributed by atoms with Crippen LogP contribution in [0.15, 0.2) is 44.0 Å². The van der Waals surface area contributed by atoms with Gasteiger partial charge < -0.3 is 0 Å². The van der Waals surface area contributed by atoms with Crippen LogP contribution in [0.5, 0.6) is 0 Å². The Balaban J connectivity index is 3.23. The van der Waals surface area contributed by atoms with Crippen LogP contribution in [0.3, 0.4) is 0 Å². The summed E-state index contributed by atoms with van der Waals surface area (Å²) in [6.07, 6.45) is 13.5. The molecular formula is C15H16S. The van der Waals surface area contributed by atoms with Crippen molar-refractivity contribution >= 4 is 29.6 Å². The summed E-state index contributed by atoms with van der Waals surface area (Å²) in [4.78, 5) is 2.47. The van der Waals surface area contributed by atoms with Crippen molar-refractivity contribution in [2.24, 2.45) is 0 Å². The molecule has 82 valence electrons. The third kappa shape index (κ3) is 2.71. The molecule has 0 nitrogen and oxygen atoms in total. The van der Waals surface area contributed by atoms with Crippen LogP contribution in [0.25, 0.3) is 18.2 Å². The summed E-state index contributed by atoms with van der Waals surface area (Å²) in [5, 5.41) is 0. The fourth-order valence-corrected chi connectivity index (χ4v) is 2.55. The minimum Gasteiger partial charge on any atom is -0.136 e. The topological polar surface area (TPSA) is 0 Å². The van der Waals surface area contributed by atoms with Crippen molar-refractivity contribution in [3.05, 3.63) is 64.9 Å². The van der Waals surface area contributed by atoms with Crippen LogP contribution in [0.2, 0.25) is 0 Å². The van der Waals surface area contributed by atoms with Gasteiger partial charge in [0.1, 0.15) is 0 Å². The Bertz CT molecular complexity index is 456. The Labute approximate surface area is 102 Å². The van der Waals surface area contributed by atoms with Gasteiger partial charge in [-0.25, -0.2) is 0 Å². The van der Waals surface area contributed by atoms with Crippen LogP contribution in [0.1, 0.15) is 20.9 Å². The quantitative estimate of drug-likeness (QED) is 0.615. The molecule has 0 atom stereocenters. The molecule has 0 aromatic carbocycles. The fourth-order valence-electron chi connectivity index (χ4n) is 1.41. The third-order valence-corrected chi connectivity index (χ3v) is 3.47. The lowest BCUT2D eigenvalue weighted by molar-refractivity contribution is 1.50. The lowest BCUT2D eigenvalue weighted by Crippen LogP contribution is -1.76. The summed E-state index contributed by atoms with van der Waals surface area (Å²) >= 11 is 1.75. The van der Waals surface area contributed by atoms with E-state index in [1.54, 1.807) is 23.5 Å². The molecule has 0 aliphatic heterocycles. The van der Waals surface area contributed by atoms with E-state index < -0.39 is 0 Å². The average Bonchev–Trinajstić information content (AvgIpc) is 2.60. The van der Waals surface area contributed by atoms with Gasteiger partial charge in [0.15, 0.2) is 0 Å². The molecule has 0 saturated heterocycles.